The van der Waals surface area contributed by atoms with Crippen LogP contribution in [0.1, 0.15) is 38.2 Å². The van der Waals surface area contributed by atoms with Crippen LogP contribution in [0.25, 0.3) is 10.9 Å². The van der Waals surface area contributed by atoms with Gasteiger partial charge < -0.3 is 5.11 Å². The highest BCUT2D eigenvalue weighted by atomic mass is 16.4. The van der Waals surface area contributed by atoms with Crippen LogP contribution in [0.5, 0.6) is 0 Å². The number of para-hydroxylation sites is 1. The summed E-state index contributed by atoms with van der Waals surface area (Å²) in [6.45, 7) is 2.22. The van der Waals surface area contributed by atoms with E-state index < -0.39 is 11.4 Å². The van der Waals surface area contributed by atoms with Crippen molar-refractivity contribution >= 4 is 16.9 Å². The Morgan fingerprint density at radius 3 is 2.71 bits per heavy atom. The van der Waals surface area contributed by atoms with Crippen LogP contribution in [0.3, 0.4) is 0 Å². The van der Waals surface area contributed by atoms with Crippen LogP contribution >= 0.6 is 0 Å². The number of aromatic nitrogens is 1. The Labute approximate surface area is 125 Å². The first kappa shape index (κ1) is 14.1. The zero-order valence-corrected chi connectivity index (χ0v) is 12.4. The van der Waals surface area contributed by atoms with Gasteiger partial charge in [0.25, 0.3) is 0 Å². The van der Waals surface area contributed by atoms with E-state index in [2.05, 4.69) is 11.9 Å². The number of nitrogens with zero attached hydrogens (tertiary/aromatic N) is 1. The lowest BCUT2D eigenvalue weighted by Gasteiger charge is -2.36. The van der Waals surface area contributed by atoms with Gasteiger partial charge in [-0.15, -0.1) is 0 Å². The number of fused-ring (bicyclic) bond motifs is 1. The molecule has 0 atom stereocenters. The number of rotatable bonds is 3. The molecule has 1 fully saturated rings. The summed E-state index contributed by atoms with van der Waals surface area (Å²) in [6.07, 6.45) is 5.97. The molecule has 1 saturated carbocycles. The summed E-state index contributed by atoms with van der Waals surface area (Å²) in [5.41, 5.74) is 1.45. The second-order valence-corrected chi connectivity index (χ2v) is 6.43. The van der Waals surface area contributed by atoms with Crippen molar-refractivity contribution in [2.24, 2.45) is 11.3 Å². The predicted molar refractivity (Wildman–Crippen MR) is 83.1 cm³/mol. The standard InChI is InChI=1S/C18H21NO2/c1-13-6-9-18(10-7-13,17(20)21)12-14-8-11-19-16-5-3-2-4-15(14)16/h2-5,8,11,13H,6-7,9-10,12H2,1H3,(H,20,21). The van der Waals surface area contributed by atoms with Gasteiger partial charge in [0, 0.05) is 11.6 Å². The van der Waals surface area contributed by atoms with E-state index in [-0.39, 0.29) is 0 Å². The van der Waals surface area contributed by atoms with Crippen molar-refractivity contribution in [3.63, 3.8) is 0 Å². The molecule has 1 aromatic carbocycles. The van der Waals surface area contributed by atoms with Crippen LogP contribution in [0.4, 0.5) is 0 Å². The van der Waals surface area contributed by atoms with Gasteiger partial charge >= 0.3 is 5.97 Å². The molecule has 1 heterocycles. The largest absolute Gasteiger partial charge is 0.481 e. The Balaban J connectivity index is 1.97. The predicted octanol–water partition coefficient (Wildman–Crippen LogP) is 4.06. The summed E-state index contributed by atoms with van der Waals surface area (Å²) in [5.74, 6) is 0.00181. The average molecular weight is 283 g/mol. The third-order valence-electron chi connectivity index (χ3n) is 4.95. The molecule has 0 bridgehead atoms. The van der Waals surface area contributed by atoms with Crippen LogP contribution in [-0.4, -0.2) is 16.1 Å². The van der Waals surface area contributed by atoms with Crippen LogP contribution in [0.15, 0.2) is 36.5 Å². The number of carboxylic acids is 1. The lowest BCUT2D eigenvalue weighted by Crippen LogP contribution is -2.37. The first-order chi connectivity index (χ1) is 10.1. The summed E-state index contributed by atoms with van der Waals surface area (Å²) in [4.78, 5) is 16.3. The van der Waals surface area contributed by atoms with Gasteiger partial charge in [0.05, 0.1) is 10.9 Å². The lowest BCUT2D eigenvalue weighted by molar-refractivity contribution is -0.151. The minimum absolute atomic E-state index is 0.601. The molecule has 1 aliphatic carbocycles. The highest BCUT2D eigenvalue weighted by Crippen LogP contribution is 2.42. The van der Waals surface area contributed by atoms with Crippen LogP contribution in [0, 0.1) is 11.3 Å². The number of hydrogen-bond donors (Lipinski definition) is 1. The Morgan fingerprint density at radius 2 is 2.00 bits per heavy atom. The summed E-state index contributed by atoms with van der Waals surface area (Å²) in [5, 5.41) is 10.9. The van der Waals surface area contributed by atoms with E-state index in [4.69, 9.17) is 0 Å². The first-order valence-corrected chi connectivity index (χ1v) is 7.67. The van der Waals surface area contributed by atoms with Crippen molar-refractivity contribution in [2.45, 2.75) is 39.0 Å². The fourth-order valence-corrected chi connectivity index (χ4v) is 3.45. The van der Waals surface area contributed by atoms with Gasteiger partial charge in [0.1, 0.15) is 0 Å². The molecule has 21 heavy (non-hydrogen) atoms. The molecule has 2 aromatic rings. The highest BCUT2D eigenvalue weighted by Gasteiger charge is 2.41. The van der Waals surface area contributed by atoms with Crippen molar-refractivity contribution in [2.75, 3.05) is 0 Å². The zero-order chi connectivity index (χ0) is 14.9. The van der Waals surface area contributed by atoms with Crippen molar-refractivity contribution in [3.8, 4) is 0 Å². The topological polar surface area (TPSA) is 50.2 Å². The van der Waals surface area contributed by atoms with Gasteiger partial charge in [-0.25, -0.2) is 0 Å². The van der Waals surface area contributed by atoms with E-state index in [1.54, 1.807) is 6.20 Å². The normalized spacial score (nSPS) is 25.9. The number of hydrogen-bond acceptors (Lipinski definition) is 2. The molecule has 0 spiro atoms. The molecule has 3 heteroatoms. The van der Waals surface area contributed by atoms with E-state index in [1.165, 1.54) is 0 Å². The third kappa shape index (κ3) is 2.65. The van der Waals surface area contributed by atoms with E-state index in [0.717, 1.165) is 42.1 Å². The molecule has 1 N–H and O–H groups in total. The molecule has 3 rings (SSSR count). The monoisotopic (exact) mass is 283 g/mol. The Hall–Kier alpha value is -1.90. The molecule has 3 nitrogen and oxygen atoms in total. The molecule has 1 aliphatic rings. The molecule has 110 valence electrons. The molecule has 0 radical (unpaired) electrons. The quantitative estimate of drug-likeness (QED) is 0.924. The maximum atomic E-state index is 11.9. The summed E-state index contributed by atoms with van der Waals surface area (Å²) < 4.78 is 0. The number of carboxylic acid groups (broad SMARTS) is 1. The molecule has 0 saturated heterocycles. The third-order valence-corrected chi connectivity index (χ3v) is 4.95. The minimum Gasteiger partial charge on any atom is -0.481 e. The van der Waals surface area contributed by atoms with Crippen molar-refractivity contribution in [3.05, 3.63) is 42.1 Å². The SMILES string of the molecule is CC1CCC(Cc2ccnc3ccccc23)(C(=O)O)CC1. The fraction of sp³-hybridized carbons (Fsp3) is 0.444. The number of carbonyl (C=O) groups is 1. The molecule has 0 aliphatic heterocycles. The van der Waals surface area contributed by atoms with E-state index in [1.807, 2.05) is 30.3 Å². The lowest BCUT2D eigenvalue weighted by atomic mass is 9.67. The van der Waals surface area contributed by atoms with Crippen molar-refractivity contribution in [1.29, 1.82) is 0 Å². The van der Waals surface area contributed by atoms with Crippen LogP contribution in [-0.2, 0) is 11.2 Å². The Morgan fingerprint density at radius 1 is 1.29 bits per heavy atom. The Bertz CT molecular complexity index is 652. The van der Waals surface area contributed by atoms with Crippen molar-refractivity contribution < 1.29 is 9.90 Å². The summed E-state index contributed by atoms with van der Waals surface area (Å²) in [6, 6.07) is 9.96. The molecule has 1 aromatic heterocycles. The van der Waals surface area contributed by atoms with Gasteiger partial charge in [-0.3, -0.25) is 9.78 Å². The summed E-state index contributed by atoms with van der Waals surface area (Å²) in [7, 11) is 0. The minimum atomic E-state index is -0.643. The molecular weight excluding hydrogens is 262 g/mol. The highest BCUT2D eigenvalue weighted by molar-refractivity contribution is 5.83. The van der Waals surface area contributed by atoms with Gasteiger partial charge in [-0.1, -0.05) is 25.1 Å². The van der Waals surface area contributed by atoms with Crippen molar-refractivity contribution in [1.82, 2.24) is 4.98 Å². The van der Waals surface area contributed by atoms with E-state index in [0.29, 0.717) is 12.3 Å². The maximum absolute atomic E-state index is 11.9. The fourth-order valence-electron chi connectivity index (χ4n) is 3.45. The first-order valence-electron chi connectivity index (χ1n) is 7.67. The van der Waals surface area contributed by atoms with E-state index >= 15 is 0 Å². The zero-order valence-electron chi connectivity index (χ0n) is 12.4. The number of benzene rings is 1. The number of pyridine rings is 1. The Kier molecular flexibility index (Phi) is 3.66. The van der Waals surface area contributed by atoms with Crippen LogP contribution in [0.2, 0.25) is 0 Å². The second kappa shape index (κ2) is 5.47. The van der Waals surface area contributed by atoms with Crippen LogP contribution < -0.4 is 0 Å². The molecule has 0 unspecified atom stereocenters. The second-order valence-electron chi connectivity index (χ2n) is 6.43. The molecular formula is C18H21NO2. The smallest absolute Gasteiger partial charge is 0.309 e. The van der Waals surface area contributed by atoms with Gasteiger partial charge in [-0.2, -0.15) is 0 Å². The maximum Gasteiger partial charge on any atom is 0.309 e. The average Bonchev–Trinajstić information content (AvgIpc) is 2.50. The van der Waals surface area contributed by atoms with Gasteiger partial charge in [0.2, 0.25) is 0 Å². The van der Waals surface area contributed by atoms with Gasteiger partial charge in [-0.05, 0) is 55.7 Å². The molecule has 0 amide bonds. The summed E-state index contributed by atoms with van der Waals surface area (Å²) >= 11 is 0. The van der Waals surface area contributed by atoms with E-state index in [9.17, 15) is 9.90 Å². The number of aliphatic carboxylic acids is 1. The van der Waals surface area contributed by atoms with Gasteiger partial charge in [0.15, 0.2) is 0 Å².